The molecule has 1 aromatic carbocycles. The molecule has 0 saturated carbocycles. The molecule has 2 rings (SSSR count). The van der Waals surface area contributed by atoms with Gasteiger partial charge in [0.15, 0.2) is 0 Å². The number of benzene rings is 1. The molecule has 80 valence electrons. The van der Waals surface area contributed by atoms with Crippen LogP contribution in [0.5, 0.6) is 0 Å². The SMILES string of the molecule is O=CC(c1ccccn1)c1ccccc1Br. The summed E-state index contributed by atoms with van der Waals surface area (Å²) in [5.41, 5.74) is 1.71. The second kappa shape index (κ2) is 5.03. The predicted molar refractivity (Wildman–Crippen MR) is 66.3 cm³/mol. The fraction of sp³-hybridized carbons (Fsp3) is 0.0769. The molecule has 1 aromatic heterocycles. The molecule has 3 heteroatoms. The summed E-state index contributed by atoms with van der Waals surface area (Å²) in [6, 6.07) is 13.3. The number of rotatable bonds is 3. The molecule has 2 nitrogen and oxygen atoms in total. The van der Waals surface area contributed by atoms with Gasteiger partial charge in [-0.25, -0.2) is 0 Å². The van der Waals surface area contributed by atoms with Gasteiger partial charge in [-0.15, -0.1) is 0 Å². The molecule has 0 radical (unpaired) electrons. The number of carbonyl (C=O) groups is 1. The second-order valence-electron chi connectivity index (χ2n) is 3.39. The van der Waals surface area contributed by atoms with Gasteiger partial charge in [-0.2, -0.15) is 0 Å². The number of aldehydes is 1. The summed E-state index contributed by atoms with van der Waals surface area (Å²) in [7, 11) is 0. The summed E-state index contributed by atoms with van der Waals surface area (Å²) in [5.74, 6) is -0.309. The monoisotopic (exact) mass is 275 g/mol. The van der Waals surface area contributed by atoms with Crippen molar-refractivity contribution in [2.24, 2.45) is 0 Å². The van der Waals surface area contributed by atoms with Crippen molar-refractivity contribution in [2.45, 2.75) is 5.92 Å². The maximum absolute atomic E-state index is 11.2. The van der Waals surface area contributed by atoms with E-state index in [0.717, 1.165) is 22.0 Å². The van der Waals surface area contributed by atoms with E-state index in [1.54, 1.807) is 6.20 Å². The van der Waals surface area contributed by atoms with Gasteiger partial charge in [0, 0.05) is 10.7 Å². The van der Waals surface area contributed by atoms with Gasteiger partial charge < -0.3 is 4.79 Å². The lowest BCUT2D eigenvalue weighted by Crippen LogP contribution is -2.05. The average molecular weight is 276 g/mol. The summed E-state index contributed by atoms with van der Waals surface area (Å²) in [6.45, 7) is 0. The number of carbonyl (C=O) groups excluding carboxylic acids is 1. The van der Waals surface area contributed by atoms with Gasteiger partial charge in [0.2, 0.25) is 0 Å². The van der Waals surface area contributed by atoms with Gasteiger partial charge in [-0.05, 0) is 23.8 Å². The highest BCUT2D eigenvalue weighted by molar-refractivity contribution is 9.10. The normalized spacial score (nSPS) is 12.1. The number of hydrogen-bond acceptors (Lipinski definition) is 2. The molecule has 0 aliphatic heterocycles. The summed E-state index contributed by atoms with van der Waals surface area (Å²) >= 11 is 3.45. The highest BCUT2D eigenvalue weighted by Gasteiger charge is 2.16. The molecular weight excluding hydrogens is 266 g/mol. The van der Waals surface area contributed by atoms with E-state index in [2.05, 4.69) is 20.9 Å². The Labute approximate surface area is 102 Å². The third-order valence-electron chi connectivity index (χ3n) is 2.38. The van der Waals surface area contributed by atoms with Crippen molar-refractivity contribution < 1.29 is 4.79 Å². The van der Waals surface area contributed by atoms with Gasteiger partial charge in [0.25, 0.3) is 0 Å². The minimum absolute atomic E-state index is 0.309. The summed E-state index contributed by atoms with van der Waals surface area (Å²) in [6.07, 6.45) is 2.62. The third-order valence-corrected chi connectivity index (χ3v) is 3.10. The standard InChI is InChI=1S/C13H10BrNO/c14-12-6-2-1-5-10(12)11(9-16)13-7-3-4-8-15-13/h1-9,11H. The molecule has 0 bridgehead atoms. The molecule has 0 aliphatic rings. The van der Waals surface area contributed by atoms with Crippen LogP contribution in [0.25, 0.3) is 0 Å². The van der Waals surface area contributed by atoms with E-state index in [4.69, 9.17) is 0 Å². The first-order valence-electron chi connectivity index (χ1n) is 4.93. The van der Waals surface area contributed by atoms with E-state index < -0.39 is 0 Å². The van der Waals surface area contributed by atoms with Crippen molar-refractivity contribution in [1.29, 1.82) is 0 Å². The molecule has 0 fully saturated rings. The number of halogens is 1. The molecule has 0 aliphatic carbocycles. The lowest BCUT2D eigenvalue weighted by molar-refractivity contribution is -0.108. The summed E-state index contributed by atoms with van der Waals surface area (Å²) < 4.78 is 0.928. The lowest BCUT2D eigenvalue weighted by atomic mass is 9.97. The highest BCUT2D eigenvalue weighted by atomic mass is 79.9. The zero-order valence-corrected chi connectivity index (χ0v) is 10.1. The van der Waals surface area contributed by atoms with Crippen LogP contribution >= 0.6 is 15.9 Å². The first kappa shape index (κ1) is 11.0. The Hall–Kier alpha value is -1.48. The predicted octanol–water partition coefficient (Wildman–Crippen LogP) is 3.17. The van der Waals surface area contributed by atoms with Crippen LogP contribution in [-0.2, 0) is 4.79 Å². The van der Waals surface area contributed by atoms with E-state index in [-0.39, 0.29) is 5.92 Å². The molecule has 1 heterocycles. The van der Waals surface area contributed by atoms with Crippen molar-refractivity contribution in [3.63, 3.8) is 0 Å². The first-order chi connectivity index (χ1) is 7.83. The van der Waals surface area contributed by atoms with Crippen LogP contribution in [0.15, 0.2) is 53.1 Å². The smallest absolute Gasteiger partial charge is 0.133 e. The third kappa shape index (κ3) is 2.19. The van der Waals surface area contributed by atoms with Crippen LogP contribution in [-0.4, -0.2) is 11.3 Å². The molecule has 16 heavy (non-hydrogen) atoms. The minimum Gasteiger partial charge on any atom is -0.302 e. The Morgan fingerprint density at radius 2 is 1.88 bits per heavy atom. The second-order valence-corrected chi connectivity index (χ2v) is 4.24. The molecule has 0 saturated heterocycles. The molecule has 1 atom stereocenters. The Morgan fingerprint density at radius 1 is 1.12 bits per heavy atom. The van der Waals surface area contributed by atoms with Crippen molar-refractivity contribution >= 4 is 22.2 Å². The van der Waals surface area contributed by atoms with E-state index in [1.165, 1.54) is 0 Å². The van der Waals surface area contributed by atoms with Crippen LogP contribution in [0, 0.1) is 0 Å². The van der Waals surface area contributed by atoms with Gasteiger partial charge in [0.05, 0.1) is 11.6 Å². The molecule has 0 amide bonds. The zero-order chi connectivity index (χ0) is 11.4. The lowest BCUT2D eigenvalue weighted by Gasteiger charge is -2.11. The van der Waals surface area contributed by atoms with Crippen LogP contribution < -0.4 is 0 Å². The molecule has 0 N–H and O–H groups in total. The number of hydrogen-bond donors (Lipinski definition) is 0. The Kier molecular flexibility index (Phi) is 3.47. The van der Waals surface area contributed by atoms with Crippen LogP contribution in [0.2, 0.25) is 0 Å². The van der Waals surface area contributed by atoms with Crippen LogP contribution in [0.4, 0.5) is 0 Å². The maximum Gasteiger partial charge on any atom is 0.133 e. The Morgan fingerprint density at radius 3 is 2.50 bits per heavy atom. The largest absolute Gasteiger partial charge is 0.302 e. The Balaban J connectivity index is 2.45. The minimum atomic E-state index is -0.309. The van der Waals surface area contributed by atoms with E-state index in [0.29, 0.717) is 0 Å². The molecule has 1 unspecified atom stereocenters. The van der Waals surface area contributed by atoms with E-state index in [1.807, 2.05) is 42.5 Å². The quantitative estimate of drug-likeness (QED) is 0.806. The Bertz CT molecular complexity index is 484. The van der Waals surface area contributed by atoms with Crippen molar-refractivity contribution in [3.8, 4) is 0 Å². The van der Waals surface area contributed by atoms with Crippen molar-refractivity contribution in [1.82, 2.24) is 4.98 Å². The van der Waals surface area contributed by atoms with Gasteiger partial charge in [0.1, 0.15) is 6.29 Å². The number of aromatic nitrogens is 1. The number of pyridine rings is 1. The summed E-state index contributed by atoms with van der Waals surface area (Å²) in [5, 5.41) is 0. The van der Waals surface area contributed by atoms with Crippen LogP contribution in [0.1, 0.15) is 17.2 Å². The number of nitrogens with zero attached hydrogens (tertiary/aromatic N) is 1. The van der Waals surface area contributed by atoms with Crippen molar-refractivity contribution in [3.05, 3.63) is 64.4 Å². The van der Waals surface area contributed by atoms with E-state index in [9.17, 15) is 4.79 Å². The maximum atomic E-state index is 11.2. The van der Waals surface area contributed by atoms with Gasteiger partial charge in [-0.3, -0.25) is 4.98 Å². The average Bonchev–Trinajstić information content (AvgIpc) is 2.34. The van der Waals surface area contributed by atoms with E-state index >= 15 is 0 Å². The first-order valence-corrected chi connectivity index (χ1v) is 5.73. The van der Waals surface area contributed by atoms with Crippen LogP contribution in [0.3, 0.4) is 0 Å². The highest BCUT2D eigenvalue weighted by Crippen LogP contribution is 2.27. The molecule has 2 aromatic rings. The fourth-order valence-corrected chi connectivity index (χ4v) is 2.12. The zero-order valence-electron chi connectivity index (χ0n) is 8.51. The summed E-state index contributed by atoms with van der Waals surface area (Å²) in [4.78, 5) is 15.4. The molecule has 0 spiro atoms. The van der Waals surface area contributed by atoms with Crippen molar-refractivity contribution in [2.75, 3.05) is 0 Å². The topological polar surface area (TPSA) is 30.0 Å². The molecular formula is C13H10BrNO. The van der Waals surface area contributed by atoms with Gasteiger partial charge in [-0.1, -0.05) is 40.2 Å². The fourth-order valence-electron chi connectivity index (χ4n) is 1.59. The van der Waals surface area contributed by atoms with Gasteiger partial charge >= 0.3 is 0 Å².